The van der Waals surface area contributed by atoms with Crippen LogP contribution in [0.4, 0.5) is 0 Å². The standard InChI is InChI=1S/C13H16BrNO/c1-4-13(2,3)15-8-9-16-12-7-5-6-11(14)10-12/h1,5-7,10,15H,8-9H2,2-3H3. The maximum Gasteiger partial charge on any atom is 0.120 e. The zero-order valence-corrected chi connectivity index (χ0v) is 11.2. The maximum atomic E-state index is 5.57. The van der Waals surface area contributed by atoms with Crippen molar-refractivity contribution >= 4 is 15.9 Å². The van der Waals surface area contributed by atoms with Crippen molar-refractivity contribution in [3.63, 3.8) is 0 Å². The molecule has 1 aromatic carbocycles. The van der Waals surface area contributed by atoms with Crippen LogP contribution in [0, 0.1) is 12.3 Å². The SMILES string of the molecule is C#CC(C)(C)NCCOc1cccc(Br)c1. The van der Waals surface area contributed by atoms with Crippen molar-refractivity contribution in [1.29, 1.82) is 0 Å². The second-order valence-electron chi connectivity index (χ2n) is 4.00. The first kappa shape index (κ1) is 13.1. The molecule has 3 heteroatoms. The third-order valence-corrected chi connectivity index (χ3v) is 2.59. The van der Waals surface area contributed by atoms with E-state index in [-0.39, 0.29) is 5.54 Å². The molecule has 0 aliphatic rings. The van der Waals surface area contributed by atoms with Gasteiger partial charge >= 0.3 is 0 Å². The van der Waals surface area contributed by atoms with E-state index in [1.807, 2.05) is 38.1 Å². The van der Waals surface area contributed by atoms with Gasteiger partial charge in [-0.25, -0.2) is 0 Å². The number of ether oxygens (including phenoxy) is 1. The van der Waals surface area contributed by atoms with Crippen molar-refractivity contribution in [2.75, 3.05) is 13.2 Å². The number of rotatable bonds is 5. The maximum absolute atomic E-state index is 5.57. The highest BCUT2D eigenvalue weighted by Gasteiger charge is 2.11. The van der Waals surface area contributed by atoms with Crippen molar-refractivity contribution in [2.45, 2.75) is 19.4 Å². The smallest absolute Gasteiger partial charge is 0.120 e. The van der Waals surface area contributed by atoms with E-state index >= 15 is 0 Å². The normalized spacial score (nSPS) is 10.9. The molecular weight excluding hydrogens is 266 g/mol. The summed E-state index contributed by atoms with van der Waals surface area (Å²) < 4.78 is 6.58. The van der Waals surface area contributed by atoms with Gasteiger partial charge in [0.25, 0.3) is 0 Å². The van der Waals surface area contributed by atoms with Crippen molar-refractivity contribution in [3.05, 3.63) is 28.7 Å². The fourth-order valence-electron chi connectivity index (χ4n) is 1.14. The largest absolute Gasteiger partial charge is 0.492 e. The van der Waals surface area contributed by atoms with Gasteiger partial charge < -0.3 is 4.74 Å². The van der Waals surface area contributed by atoms with E-state index in [0.717, 1.165) is 16.8 Å². The first-order valence-corrected chi connectivity index (χ1v) is 5.94. The second-order valence-corrected chi connectivity index (χ2v) is 4.92. The van der Waals surface area contributed by atoms with Gasteiger partial charge in [-0.1, -0.05) is 27.9 Å². The lowest BCUT2D eigenvalue weighted by Gasteiger charge is -2.19. The Morgan fingerprint density at radius 2 is 2.25 bits per heavy atom. The summed E-state index contributed by atoms with van der Waals surface area (Å²) in [5.74, 6) is 3.53. The molecule has 16 heavy (non-hydrogen) atoms. The molecule has 86 valence electrons. The van der Waals surface area contributed by atoms with Gasteiger partial charge in [-0.3, -0.25) is 5.32 Å². The van der Waals surface area contributed by atoms with Gasteiger partial charge in [-0.2, -0.15) is 0 Å². The fourth-order valence-corrected chi connectivity index (χ4v) is 1.52. The van der Waals surface area contributed by atoms with E-state index in [4.69, 9.17) is 11.2 Å². The first-order valence-electron chi connectivity index (χ1n) is 5.15. The average Bonchev–Trinajstić information content (AvgIpc) is 2.25. The lowest BCUT2D eigenvalue weighted by molar-refractivity contribution is 0.300. The predicted octanol–water partition coefficient (Wildman–Crippen LogP) is 2.83. The number of hydrogen-bond donors (Lipinski definition) is 1. The van der Waals surface area contributed by atoms with Crippen molar-refractivity contribution in [2.24, 2.45) is 0 Å². The zero-order valence-electron chi connectivity index (χ0n) is 9.59. The summed E-state index contributed by atoms with van der Waals surface area (Å²) in [6, 6.07) is 7.77. The minimum Gasteiger partial charge on any atom is -0.492 e. The quantitative estimate of drug-likeness (QED) is 0.662. The Hall–Kier alpha value is -0.980. The third-order valence-electron chi connectivity index (χ3n) is 2.09. The number of nitrogens with one attached hydrogen (secondary N) is 1. The molecule has 2 nitrogen and oxygen atoms in total. The van der Waals surface area contributed by atoms with Gasteiger partial charge in [-0.05, 0) is 32.0 Å². The van der Waals surface area contributed by atoms with E-state index in [9.17, 15) is 0 Å². The highest BCUT2D eigenvalue weighted by atomic mass is 79.9. The Labute approximate surface area is 106 Å². The molecule has 0 bridgehead atoms. The zero-order chi connectivity index (χ0) is 12.0. The summed E-state index contributed by atoms with van der Waals surface area (Å²) in [5, 5.41) is 3.22. The van der Waals surface area contributed by atoms with Crippen LogP contribution in [0.2, 0.25) is 0 Å². The van der Waals surface area contributed by atoms with E-state index < -0.39 is 0 Å². The monoisotopic (exact) mass is 281 g/mol. The van der Waals surface area contributed by atoms with Crippen molar-refractivity contribution in [1.82, 2.24) is 5.32 Å². The van der Waals surface area contributed by atoms with Gasteiger partial charge in [0.1, 0.15) is 12.4 Å². The van der Waals surface area contributed by atoms with Gasteiger partial charge in [0.2, 0.25) is 0 Å². The summed E-state index contributed by atoms with van der Waals surface area (Å²) in [7, 11) is 0. The minimum absolute atomic E-state index is 0.277. The lowest BCUT2D eigenvalue weighted by Crippen LogP contribution is -2.40. The van der Waals surface area contributed by atoms with Crippen LogP contribution in [0.3, 0.4) is 0 Å². The summed E-state index contributed by atoms with van der Waals surface area (Å²) >= 11 is 3.39. The number of terminal acetylenes is 1. The Kier molecular flexibility index (Phi) is 4.85. The molecule has 0 unspecified atom stereocenters. The molecule has 0 fully saturated rings. The third kappa shape index (κ3) is 4.69. The minimum atomic E-state index is -0.277. The second kappa shape index (κ2) is 5.93. The highest BCUT2D eigenvalue weighted by Crippen LogP contribution is 2.17. The molecule has 0 aromatic heterocycles. The van der Waals surface area contributed by atoms with Crippen molar-refractivity contribution < 1.29 is 4.74 Å². The topological polar surface area (TPSA) is 21.3 Å². The van der Waals surface area contributed by atoms with E-state index in [0.29, 0.717) is 6.61 Å². The molecule has 1 rings (SSSR count). The van der Waals surface area contributed by atoms with Crippen LogP contribution < -0.4 is 10.1 Å². The van der Waals surface area contributed by atoms with Gasteiger partial charge in [0, 0.05) is 11.0 Å². The molecule has 0 spiro atoms. The fraction of sp³-hybridized carbons (Fsp3) is 0.385. The Bertz CT molecular complexity index is 382. The first-order chi connectivity index (χ1) is 7.53. The van der Waals surface area contributed by atoms with E-state index in [1.54, 1.807) is 0 Å². The predicted molar refractivity (Wildman–Crippen MR) is 70.6 cm³/mol. The van der Waals surface area contributed by atoms with Crippen LogP contribution in [-0.2, 0) is 0 Å². The number of benzene rings is 1. The molecule has 0 amide bonds. The Morgan fingerprint density at radius 3 is 2.88 bits per heavy atom. The molecule has 0 saturated carbocycles. The Morgan fingerprint density at radius 1 is 1.50 bits per heavy atom. The lowest BCUT2D eigenvalue weighted by atomic mass is 10.1. The van der Waals surface area contributed by atoms with E-state index in [1.165, 1.54) is 0 Å². The van der Waals surface area contributed by atoms with E-state index in [2.05, 4.69) is 27.2 Å². The number of hydrogen-bond acceptors (Lipinski definition) is 2. The van der Waals surface area contributed by atoms with Crippen LogP contribution in [-0.4, -0.2) is 18.7 Å². The number of halogens is 1. The van der Waals surface area contributed by atoms with Crippen LogP contribution in [0.5, 0.6) is 5.75 Å². The van der Waals surface area contributed by atoms with Gasteiger partial charge in [-0.15, -0.1) is 6.42 Å². The summed E-state index contributed by atoms with van der Waals surface area (Å²) in [6.45, 7) is 5.25. The molecular formula is C13H16BrNO. The molecule has 0 heterocycles. The molecule has 1 aromatic rings. The molecule has 0 aliphatic carbocycles. The van der Waals surface area contributed by atoms with Gasteiger partial charge in [0.05, 0.1) is 5.54 Å². The van der Waals surface area contributed by atoms with Crippen LogP contribution in [0.25, 0.3) is 0 Å². The van der Waals surface area contributed by atoms with Crippen LogP contribution in [0.15, 0.2) is 28.7 Å². The van der Waals surface area contributed by atoms with Crippen LogP contribution >= 0.6 is 15.9 Å². The van der Waals surface area contributed by atoms with Gasteiger partial charge in [0.15, 0.2) is 0 Å². The van der Waals surface area contributed by atoms with Crippen LogP contribution in [0.1, 0.15) is 13.8 Å². The summed E-state index contributed by atoms with van der Waals surface area (Å²) in [5.41, 5.74) is -0.277. The summed E-state index contributed by atoms with van der Waals surface area (Å²) in [6.07, 6.45) is 5.36. The molecule has 0 atom stereocenters. The molecule has 0 saturated heterocycles. The molecule has 0 aliphatic heterocycles. The average molecular weight is 282 g/mol. The molecule has 1 N–H and O–H groups in total. The highest BCUT2D eigenvalue weighted by molar-refractivity contribution is 9.10. The summed E-state index contributed by atoms with van der Waals surface area (Å²) in [4.78, 5) is 0. The van der Waals surface area contributed by atoms with Crippen molar-refractivity contribution in [3.8, 4) is 18.1 Å². The Balaban J connectivity index is 2.29. The molecule has 0 radical (unpaired) electrons.